The molecule has 17 heavy (non-hydrogen) atoms. The van der Waals surface area contributed by atoms with E-state index in [2.05, 4.69) is 10.3 Å². The number of likely N-dealkylation sites (N-methyl/N-ethyl adjacent to an activating group) is 1. The molecule has 0 saturated carbocycles. The number of alkyl halides is 3. The number of hydrogen-bond donors (Lipinski definition) is 1. The Morgan fingerprint density at radius 3 is 2.76 bits per heavy atom. The van der Waals surface area contributed by atoms with Gasteiger partial charge in [0.1, 0.15) is 6.04 Å². The van der Waals surface area contributed by atoms with Crippen LogP contribution in [0, 0.1) is 0 Å². The van der Waals surface area contributed by atoms with Crippen molar-refractivity contribution in [2.24, 2.45) is 0 Å². The Hall–Kier alpha value is -1.31. The maximum atomic E-state index is 12.4. The first-order chi connectivity index (χ1) is 7.89. The number of aromatic nitrogens is 1. The van der Waals surface area contributed by atoms with Crippen molar-refractivity contribution in [2.75, 3.05) is 18.5 Å². The number of thiazole rings is 1. The highest BCUT2D eigenvalue weighted by Crippen LogP contribution is 2.33. The molecule has 1 aromatic heterocycles. The molecule has 4 nitrogen and oxygen atoms in total. The molecule has 1 unspecified atom stereocenters. The van der Waals surface area contributed by atoms with Crippen LogP contribution in [-0.2, 0) is 11.0 Å². The summed E-state index contributed by atoms with van der Waals surface area (Å²) in [4.78, 5) is 16.4. The maximum absolute atomic E-state index is 12.4. The molecule has 94 valence electrons. The Morgan fingerprint density at radius 2 is 2.29 bits per heavy atom. The van der Waals surface area contributed by atoms with E-state index in [-0.39, 0.29) is 11.0 Å². The third-order valence-electron chi connectivity index (χ3n) is 2.57. The molecule has 0 radical (unpaired) electrons. The van der Waals surface area contributed by atoms with Crippen LogP contribution in [-0.4, -0.2) is 30.5 Å². The molecule has 2 heterocycles. The summed E-state index contributed by atoms with van der Waals surface area (Å²) in [7, 11) is 1.58. The van der Waals surface area contributed by atoms with Crippen LogP contribution >= 0.6 is 11.3 Å². The predicted molar refractivity (Wildman–Crippen MR) is 56.9 cm³/mol. The van der Waals surface area contributed by atoms with Gasteiger partial charge in [0, 0.05) is 19.0 Å². The molecule has 8 heteroatoms. The van der Waals surface area contributed by atoms with Gasteiger partial charge in [-0.2, -0.15) is 13.2 Å². The van der Waals surface area contributed by atoms with Gasteiger partial charge in [-0.25, -0.2) is 4.98 Å². The van der Waals surface area contributed by atoms with E-state index in [0.29, 0.717) is 13.0 Å². The fraction of sp³-hybridized carbons (Fsp3) is 0.556. The molecule has 1 fully saturated rings. The lowest BCUT2D eigenvalue weighted by Crippen LogP contribution is -2.37. The van der Waals surface area contributed by atoms with Crippen molar-refractivity contribution >= 4 is 22.4 Å². The largest absolute Gasteiger partial charge is 0.434 e. The zero-order chi connectivity index (χ0) is 12.6. The summed E-state index contributed by atoms with van der Waals surface area (Å²) < 4.78 is 37.1. The summed E-state index contributed by atoms with van der Waals surface area (Å²) in [5.74, 6) is -0.170. The lowest BCUT2D eigenvalue weighted by molar-refractivity contribution is -0.140. The summed E-state index contributed by atoms with van der Waals surface area (Å²) in [5, 5.41) is 3.80. The van der Waals surface area contributed by atoms with Crippen LogP contribution in [0.5, 0.6) is 0 Å². The van der Waals surface area contributed by atoms with Gasteiger partial charge in [0.15, 0.2) is 10.8 Å². The zero-order valence-corrected chi connectivity index (χ0v) is 9.73. The van der Waals surface area contributed by atoms with E-state index in [1.54, 1.807) is 7.05 Å². The predicted octanol–water partition coefficient (Wildman–Crippen LogP) is 1.49. The van der Waals surface area contributed by atoms with Crippen LogP contribution in [0.15, 0.2) is 5.38 Å². The lowest BCUT2D eigenvalue weighted by Gasteiger charge is -2.20. The summed E-state index contributed by atoms with van der Waals surface area (Å²) in [6, 6.07) is -0.428. The average molecular weight is 265 g/mol. The minimum absolute atomic E-state index is 0.170. The van der Waals surface area contributed by atoms with Gasteiger partial charge < -0.3 is 10.2 Å². The fourth-order valence-electron chi connectivity index (χ4n) is 1.64. The number of carbonyl (C=O) groups excluding carboxylic acids is 1. The molecule has 0 aliphatic carbocycles. The van der Waals surface area contributed by atoms with Gasteiger partial charge in [0.2, 0.25) is 5.91 Å². The Balaban J connectivity index is 2.17. The molecule has 0 bridgehead atoms. The third-order valence-corrected chi connectivity index (χ3v) is 3.50. The quantitative estimate of drug-likeness (QED) is 0.881. The molecule has 1 atom stereocenters. The number of carbonyl (C=O) groups is 1. The summed E-state index contributed by atoms with van der Waals surface area (Å²) >= 11 is 0.888. The number of anilines is 1. The number of halogens is 3. The Kier molecular flexibility index (Phi) is 2.98. The molecule has 0 aromatic carbocycles. The first-order valence-corrected chi connectivity index (χ1v) is 5.81. The third kappa shape index (κ3) is 2.36. The van der Waals surface area contributed by atoms with Crippen molar-refractivity contribution < 1.29 is 18.0 Å². The second-order valence-electron chi connectivity index (χ2n) is 3.72. The van der Waals surface area contributed by atoms with E-state index in [9.17, 15) is 18.0 Å². The number of nitrogens with one attached hydrogen (secondary N) is 1. The summed E-state index contributed by atoms with van der Waals surface area (Å²) in [6.45, 7) is 0.547. The van der Waals surface area contributed by atoms with E-state index < -0.39 is 17.9 Å². The van der Waals surface area contributed by atoms with Crippen molar-refractivity contribution in [3.05, 3.63) is 11.1 Å². The van der Waals surface area contributed by atoms with Crippen molar-refractivity contribution in [1.82, 2.24) is 10.3 Å². The van der Waals surface area contributed by atoms with Gasteiger partial charge in [-0.05, 0) is 6.42 Å². The van der Waals surface area contributed by atoms with Crippen molar-refractivity contribution in [1.29, 1.82) is 0 Å². The Morgan fingerprint density at radius 1 is 1.59 bits per heavy atom. The van der Waals surface area contributed by atoms with Gasteiger partial charge in [0.25, 0.3) is 0 Å². The van der Waals surface area contributed by atoms with Gasteiger partial charge >= 0.3 is 6.18 Å². The second kappa shape index (κ2) is 4.17. The molecule has 1 aliphatic rings. The average Bonchev–Trinajstić information content (AvgIpc) is 2.83. The molecule has 0 spiro atoms. The van der Waals surface area contributed by atoms with Crippen molar-refractivity contribution in [3.8, 4) is 0 Å². The molecular weight excluding hydrogens is 255 g/mol. The topological polar surface area (TPSA) is 45.2 Å². The van der Waals surface area contributed by atoms with Gasteiger partial charge in [-0.3, -0.25) is 4.79 Å². The number of nitrogens with zero attached hydrogens (tertiary/aromatic N) is 2. The van der Waals surface area contributed by atoms with Crippen molar-refractivity contribution in [2.45, 2.75) is 18.6 Å². The van der Waals surface area contributed by atoms with Gasteiger partial charge in [-0.1, -0.05) is 0 Å². The second-order valence-corrected chi connectivity index (χ2v) is 4.56. The number of rotatable bonds is 2. The molecule has 1 N–H and O–H groups in total. The lowest BCUT2D eigenvalue weighted by atomic mass is 10.2. The minimum atomic E-state index is -4.44. The monoisotopic (exact) mass is 265 g/mol. The first-order valence-electron chi connectivity index (χ1n) is 4.93. The zero-order valence-electron chi connectivity index (χ0n) is 8.91. The highest BCUT2D eigenvalue weighted by molar-refractivity contribution is 7.13. The Labute approximate surface area is 99.4 Å². The number of hydrogen-bond acceptors (Lipinski definition) is 4. The van der Waals surface area contributed by atoms with Crippen LogP contribution < -0.4 is 10.2 Å². The van der Waals surface area contributed by atoms with Gasteiger partial charge in [-0.15, -0.1) is 11.3 Å². The van der Waals surface area contributed by atoms with Crippen LogP contribution in [0.1, 0.15) is 12.1 Å². The highest BCUT2D eigenvalue weighted by atomic mass is 32.1. The highest BCUT2D eigenvalue weighted by Gasteiger charge is 2.35. The fourth-order valence-corrected chi connectivity index (χ4v) is 2.49. The smallest absolute Gasteiger partial charge is 0.354 e. The van der Waals surface area contributed by atoms with E-state index in [1.165, 1.54) is 4.90 Å². The maximum Gasteiger partial charge on any atom is 0.434 e. The Bertz CT molecular complexity index is 431. The van der Waals surface area contributed by atoms with Crippen LogP contribution in [0.25, 0.3) is 0 Å². The summed E-state index contributed by atoms with van der Waals surface area (Å²) in [5.41, 5.74) is -0.914. The molecule has 1 amide bonds. The molecule has 1 aliphatic heterocycles. The standard InChI is InChI=1S/C9H10F3N3OS/c1-15(5-2-3-13-7(5)16)8-14-6(4-17-8)9(10,11)12/h4-5H,2-3H2,1H3,(H,13,16). The minimum Gasteiger partial charge on any atom is -0.354 e. The van der Waals surface area contributed by atoms with E-state index in [1.807, 2.05) is 0 Å². The van der Waals surface area contributed by atoms with Gasteiger partial charge in [0.05, 0.1) is 0 Å². The van der Waals surface area contributed by atoms with Crippen LogP contribution in [0.2, 0.25) is 0 Å². The molecule has 2 rings (SSSR count). The van der Waals surface area contributed by atoms with E-state index in [0.717, 1.165) is 16.7 Å². The van der Waals surface area contributed by atoms with E-state index in [4.69, 9.17) is 0 Å². The van der Waals surface area contributed by atoms with Crippen LogP contribution in [0.4, 0.5) is 18.3 Å². The summed E-state index contributed by atoms with van der Waals surface area (Å²) in [6.07, 6.45) is -3.86. The van der Waals surface area contributed by atoms with E-state index >= 15 is 0 Å². The molecular formula is C9H10F3N3OS. The normalized spacial score (nSPS) is 20.5. The molecule has 1 saturated heterocycles. The number of amides is 1. The first kappa shape index (κ1) is 12.2. The van der Waals surface area contributed by atoms with Crippen LogP contribution in [0.3, 0.4) is 0 Å². The SMILES string of the molecule is CN(c1nc(C(F)(F)F)cs1)C1CCNC1=O. The molecule has 1 aromatic rings. The van der Waals surface area contributed by atoms with Crippen molar-refractivity contribution in [3.63, 3.8) is 0 Å².